The van der Waals surface area contributed by atoms with Crippen molar-refractivity contribution in [2.24, 2.45) is 0 Å². The van der Waals surface area contributed by atoms with Crippen molar-refractivity contribution >= 4 is 15.9 Å². The molecule has 5 nitrogen and oxygen atoms in total. The van der Waals surface area contributed by atoms with Crippen LogP contribution in [0.3, 0.4) is 0 Å². The zero-order valence-electron chi connectivity index (χ0n) is 10.7. The summed E-state index contributed by atoms with van der Waals surface area (Å²) >= 11 is 3.40. The van der Waals surface area contributed by atoms with Gasteiger partial charge in [-0.15, -0.1) is 0 Å². The average Bonchev–Trinajstić information content (AvgIpc) is 2.90. The number of pyridine rings is 1. The molecule has 6 heteroatoms. The van der Waals surface area contributed by atoms with Crippen molar-refractivity contribution in [3.63, 3.8) is 0 Å². The molecule has 100 valence electrons. The summed E-state index contributed by atoms with van der Waals surface area (Å²) in [5.74, 6) is 1.33. The van der Waals surface area contributed by atoms with Gasteiger partial charge >= 0.3 is 0 Å². The van der Waals surface area contributed by atoms with Crippen LogP contribution in [-0.2, 0) is 5.41 Å². The molecule has 1 saturated heterocycles. The Morgan fingerprint density at radius 2 is 2.11 bits per heavy atom. The zero-order valence-corrected chi connectivity index (χ0v) is 12.3. The number of piperidine rings is 1. The largest absolute Gasteiger partial charge is 0.338 e. The van der Waals surface area contributed by atoms with E-state index >= 15 is 0 Å². The van der Waals surface area contributed by atoms with Crippen LogP contribution in [0.25, 0.3) is 11.4 Å². The van der Waals surface area contributed by atoms with Gasteiger partial charge in [0.25, 0.3) is 0 Å². The Kier molecular flexibility index (Phi) is 3.36. The second kappa shape index (κ2) is 5.02. The highest BCUT2D eigenvalue weighted by molar-refractivity contribution is 9.10. The van der Waals surface area contributed by atoms with E-state index < -0.39 is 0 Å². The van der Waals surface area contributed by atoms with E-state index in [1.54, 1.807) is 12.4 Å². The highest BCUT2D eigenvalue weighted by Gasteiger charge is 2.34. The van der Waals surface area contributed by atoms with Crippen LogP contribution in [0.15, 0.2) is 27.5 Å². The summed E-state index contributed by atoms with van der Waals surface area (Å²) in [5, 5.41) is 7.43. The van der Waals surface area contributed by atoms with Gasteiger partial charge in [0.05, 0.1) is 0 Å². The Bertz CT molecular complexity index is 578. The van der Waals surface area contributed by atoms with Crippen molar-refractivity contribution < 1.29 is 4.52 Å². The molecule has 0 aromatic carbocycles. The Balaban J connectivity index is 1.91. The molecule has 1 N–H and O–H groups in total. The third-order valence-corrected chi connectivity index (χ3v) is 4.05. The first-order valence-electron chi connectivity index (χ1n) is 6.33. The third-order valence-electron chi connectivity index (χ3n) is 3.61. The highest BCUT2D eigenvalue weighted by Crippen LogP contribution is 2.32. The van der Waals surface area contributed by atoms with Crippen molar-refractivity contribution in [1.29, 1.82) is 0 Å². The average molecular weight is 323 g/mol. The summed E-state index contributed by atoms with van der Waals surface area (Å²) < 4.78 is 6.38. The standard InChI is InChI=1S/C13H15BrN4O/c1-13(2-4-15-5-3-13)12-17-11(18-19-12)9-6-10(14)8-16-7-9/h6-8,15H,2-5H2,1H3. The van der Waals surface area contributed by atoms with Crippen LogP contribution in [0.5, 0.6) is 0 Å². The molecule has 0 radical (unpaired) electrons. The van der Waals surface area contributed by atoms with E-state index in [0.717, 1.165) is 41.9 Å². The fourth-order valence-corrected chi connectivity index (χ4v) is 2.68. The second-order valence-corrected chi connectivity index (χ2v) is 6.04. The second-order valence-electron chi connectivity index (χ2n) is 5.13. The van der Waals surface area contributed by atoms with Gasteiger partial charge in [-0.05, 0) is 47.9 Å². The van der Waals surface area contributed by atoms with Gasteiger partial charge < -0.3 is 9.84 Å². The minimum absolute atomic E-state index is 0.0179. The number of aromatic nitrogens is 3. The van der Waals surface area contributed by atoms with Gasteiger partial charge in [-0.2, -0.15) is 4.98 Å². The van der Waals surface area contributed by atoms with Gasteiger partial charge in [0.1, 0.15) is 0 Å². The van der Waals surface area contributed by atoms with Crippen molar-refractivity contribution in [3.8, 4) is 11.4 Å². The van der Waals surface area contributed by atoms with Crippen molar-refractivity contribution in [3.05, 3.63) is 28.8 Å². The smallest absolute Gasteiger partial charge is 0.232 e. The lowest BCUT2D eigenvalue weighted by atomic mass is 9.81. The Labute approximate surface area is 119 Å². The molecular weight excluding hydrogens is 308 g/mol. The molecule has 3 heterocycles. The lowest BCUT2D eigenvalue weighted by Gasteiger charge is -2.30. The molecule has 0 unspecified atom stereocenters. The summed E-state index contributed by atoms with van der Waals surface area (Å²) in [6, 6.07) is 1.94. The van der Waals surface area contributed by atoms with E-state index in [9.17, 15) is 0 Å². The number of nitrogens with one attached hydrogen (secondary N) is 1. The normalized spacial score (nSPS) is 18.4. The van der Waals surface area contributed by atoms with E-state index in [2.05, 4.69) is 43.3 Å². The summed E-state index contributed by atoms with van der Waals surface area (Å²) in [6.45, 7) is 4.17. The minimum atomic E-state index is -0.0179. The molecule has 1 fully saturated rings. The fourth-order valence-electron chi connectivity index (χ4n) is 2.31. The van der Waals surface area contributed by atoms with Gasteiger partial charge in [-0.3, -0.25) is 4.98 Å². The number of nitrogens with zero attached hydrogens (tertiary/aromatic N) is 3. The maximum absolute atomic E-state index is 5.47. The summed E-state index contributed by atoms with van der Waals surface area (Å²) in [5.41, 5.74) is 0.845. The Hall–Kier alpha value is -1.27. The molecule has 19 heavy (non-hydrogen) atoms. The van der Waals surface area contributed by atoms with E-state index in [-0.39, 0.29) is 5.41 Å². The molecule has 0 spiro atoms. The Morgan fingerprint density at radius 1 is 1.32 bits per heavy atom. The maximum Gasteiger partial charge on any atom is 0.232 e. The molecule has 0 saturated carbocycles. The summed E-state index contributed by atoms with van der Waals surface area (Å²) in [4.78, 5) is 8.67. The van der Waals surface area contributed by atoms with E-state index in [1.807, 2.05) is 6.07 Å². The van der Waals surface area contributed by atoms with Gasteiger partial charge in [0.2, 0.25) is 11.7 Å². The molecule has 1 aliphatic heterocycles. The number of hydrogen-bond acceptors (Lipinski definition) is 5. The zero-order chi connectivity index (χ0) is 13.3. The SMILES string of the molecule is CC1(c2nc(-c3cncc(Br)c3)no2)CCNCC1. The van der Waals surface area contributed by atoms with Crippen molar-refractivity contribution in [2.75, 3.05) is 13.1 Å². The Morgan fingerprint density at radius 3 is 2.84 bits per heavy atom. The van der Waals surface area contributed by atoms with Crippen LogP contribution >= 0.6 is 15.9 Å². The monoisotopic (exact) mass is 322 g/mol. The first kappa shape index (κ1) is 12.7. The van der Waals surface area contributed by atoms with Crippen LogP contribution in [0.2, 0.25) is 0 Å². The third kappa shape index (κ3) is 2.55. The lowest BCUT2D eigenvalue weighted by molar-refractivity contribution is 0.241. The number of halogens is 1. The minimum Gasteiger partial charge on any atom is -0.338 e. The van der Waals surface area contributed by atoms with Crippen LogP contribution < -0.4 is 5.32 Å². The molecule has 0 amide bonds. The van der Waals surface area contributed by atoms with Crippen LogP contribution in [-0.4, -0.2) is 28.2 Å². The maximum atomic E-state index is 5.47. The fraction of sp³-hybridized carbons (Fsp3) is 0.462. The molecule has 3 rings (SSSR count). The first-order chi connectivity index (χ1) is 9.17. The van der Waals surface area contributed by atoms with E-state index in [1.165, 1.54) is 0 Å². The topological polar surface area (TPSA) is 63.8 Å². The molecule has 1 aliphatic rings. The quantitative estimate of drug-likeness (QED) is 0.920. The number of rotatable bonds is 2. The summed E-state index contributed by atoms with van der Waals surface area (Å²) in [7, 11) is 0. The van der Waals surface area contributed by atoms with Crippen LogP contribution in [0.4, 0.5) is 0 Å². The van der Waals surface area contributed by atoms with Gasteiger partial charge in [0.15, 0.2) is 0 Å². The molecule has 0 bridgehead atoms. The lowest BCUT2D eigenvalue weighted by Crippen LogP contribution is -2.37. The number of hydrogen-bond donors (Lipinski definition) is 1. The molecular formula is C13H15BrN4O. The predicted molar refractivity (Wildman–Crippen MR) is 74.7 cm³/mol. The predicted octanol–water partition coefficient (Wildman–Crippen LogP) is 2.54. The van der Waals surface area contributed by atoms with Gasteiger partial charge in [-0.1, -0.05) is 12.1 Å². The molecule has 0 atom stereocenters. The molecule has 0 aliphatic carbocycles. The van der Waals surface area contributed by atoms with Crippen molar-refractivity contribution in [1.82, 2.24) is 20.4 Å². The van der Waals surface area contributed by atoms with Crippen LogP contribution in [0.1, 0.15) is 25.7 Å². The molecule has 2 aromatic rings. The first-order valence-corrected chi connectivity index (χ1v) is 7.12. The van der Waals surface area contributed by atoms with Crippen molar-refractivity contribution in [2.45, 2.75) is 25.2 Å². The van der Waals surface area contributed by atoms with Gasteiger partial charge in [0, 0.05) is 27.8 Å². The van der Waals surface area contributed by atoms with E-state index in [4.69, 9.17) is 4.52 Å². The van der Waals surface area contributed by atoms with Gasteiger partial charge in [-0.25, -0.2) is 0 Å². The molecule has 2 aromatic heterocycles. The summed E-state index contributed by atoms with van der Waals surface area (Å²) in [6.07, 6.45) is 5.51. The van der Waals surface area contributed by atoms with E-state index in [0.29, 0.717) is 5.82 Å². The van der Waals surface area contributed by atoms with Crippen LogP contribution in [0, 0.1) is 0 Å². The highest BCUT2D eigenvalue weighted by atomic mass is 79.9.